The van der Waals surface area contributed by atoms with Crippen LogP contribution in [0.25, 0.3) is 0 Å². The molecule has 1 aliphatic heterocycles. The summed E-state index contributed by atoms with van der Waals surface area (Å²) in [6.45, 7) is 1.58. The number of carboxylic acids is 1. The Morgan fingerprint density at radius 3 is 2.65 bits per heavy atom. The Morgan fingerprint density at radius 1 is 1.31 bits per heavy atom. The van der Waals surface area contributed by atoms with Crippen LogP contribution < -0.4 is 0 Å². The molecule has 2 heterocycles. The first-order valence-corrected chi connectivity index (χ1v) is 10.0. The molecule has 3 unspecified atom stereocenters. The average molecular weight is 382 g/mol. The number of pyridine rings is 1. The van der Waals surface area contributed by atoms with Gasteiger partial charge in [-0.05, 0) is 38.2 Å². The maximum Gasteiger partial charge on any atom is 0.339 e. The number of fused-ring (bicyclic) bond motifs is 1. The Hall–Kier alpha value is -2.00. The summed E-state index contributed by atoms with van der Waals surface area (Å²) in [4.78, 5) is 27.4. The zero-order valence-electron chi connectivity index (χ0n) is 14.7. The van der Waals surface area contributed by atoms with Crippen LogP contribution in [0.4, 0.5) is 0 Å². The van der Waals surface area contributed by atoms with Gasteiger partial charge in [-0.25, -0.2) is 13.2 Å². The van der Waals surface area contributed by atoms with Gasteiger partial charge in [0, 0.05) is 12.2 Å². The van der Waals surface area contributed by atoms with Crippen LogP contribution in [-0.4, -0.2) is 53.9 Å². The number of hydrogen-bond acceptors (Lipinski definition) is 6. The molecular formula is C17H22N2O6S. The number of carbonyl (C=O) groups is 2. The molecule has 0 radical (unpaired) electrons. The SMILES string of the molecule is COC(=O)c1cc(S(=O)(=O)N2C(C(=O)O)CC3CCCCC32)cnc1C. The minimum absolute atomic E-state index is 0.0538. The summed E-state index contributed by atoms with van der Waals surface area (Å²) in [5.74, 6) is -1.77. The van der Waals surface area contributed by atoms with Crippen molar-refractivity contribution in [2.45, 2.75) is 56.0 Å². The fourth-order valence-corrected chi connectivity index (χ4v) is 5.91. The monoisotopic (exact) mass is 382 g/mol. The molecule has 9 heteroatoms. The zero-order chi connectivity index (χ0) is 19.1. The number of methoxy groups -OCH3 is 1. The Labute approximate surface area is 152 Å². The Morgan fingerprint density at radius 2 is 2.00 bits per heavy atom. The molecule has 8 nitrogen and oxygen atoms in total. The minimum Gasteiger partial charge on any atom is -0.480 e. The largest absolute Gasteiger partial charge is 0.480 e. The number of sulfonamides is 1. The van der Waals surface area contributed by atoms with Crippen molar-refractivity contribution < 1.29 is 27.9 Å². The van der Waals surface area contributed by atoms with Crippen LogP contribution in [0.15, 0.2) is 17.2 Å². The highest BCUT2D eigenvalue weighted by Crippen LogP contribution is 2.42. The van der Waals surface area contributed by atoms with E-state index < -0.39 is 28.0 Å². The van der Waals surface area contributed by atoms with Crippen LogP contribution in [0.2, 0.25) is 0 Å². The molecular weight excluding hydrogens is 360 g/mol. The topological polar surface area (TPSA) is 114 Å². The van der Waals surface area contributed by atoms with E-state index >= 15 is 0 Å². The lowest BCUT2D eigenvalue weighted by Crippen LogP contribution is -2.46. The third kappa shape index (κ3) is 3.09. The summed E-state index contributed by atoms with van der Waals surface area (Å²) in [6, 6.07) is -0.188. The number of aliphatic carboxylic acids is 1. The highest BCUT2D eigenvalue weighted by atomic mass is 32.2. The predicted octanol–water partition coefficient (Wildman–Crippen LogP) is 1.58. The van der Waals surface area contributed by atoms with Crippen molar-refractivity contribution in [2.24, 2.45) is 5.92 Å². The first-order valence-electron chi connectivity index (χ1n) is 8.58. The normalized spacial score (nSPS) is 26.3. The molecule has 1 aromatic heterocycles. The number of rotatable bonds is 4. The smallest absolute Gasteiger partial charge is 0.339 e. The fraction of sp³-hybridized carbons (Fsp3) is 0.588. The molecule has 3 rings (SSSR count). The first-order chi connectivity index (χ1) is 12.3. The zero-order valence-corrected chi connectivity index (χ0v) is 15.5. The molecule has 2 aliphatic rings. The van der Waals surface area contributed by atoms with E-state index in [9.17, 15) is 23.1 Å². The number of esters is 1. The summed E-state index contributed by atoms with van der Waals surface area (Å²) >= 11 is 0. The maximum atomic E-state index is 13.2. The predicted molar refractivity (Wildman–Crippen MR) is 91.1 cm³/mol. The van der Waals surface area contributed by atoms with Crippen molar-refractivity contribution in [3.63, 3.8) is 0 Å². The second kappa shape index (κ2) is 6.96. The lowest BCUT2D eigenvalue weighted by Gasteiger charge is -2.32. The second-order valence-electron chi connectivity index (χ2n) is 6.83. The van der Waals surface area contributed by atoms with E-state index in [0.717, 1.165) is 23.6 Å². The van der Waals surface area contributed by atoms with E-state index in [0.29, 0.717) is 18.5 Å². The van der Waals surface area contributed by atoms with Crippen molar-refractivity contribution in [1.82, 2.24) is 9.29 Å². The first kappa shape index (κ1) is 18.8. The molecule has 3 atom stereocenters. The number of ether oxygens (including phenoxy) is 1. The number of nitrogens with zero attached hydrogens (tertiary/aromatic N) is 2. The van der Waals surface area contributed by atoms with Crippen LogP contribution in [0.3, 0.4) is 0 Å². The van der Waals surface area contributed by atoms with Gasteiger partial charge in [0.2, 0.25) is 10.0 Å². The summed E-state index contributed by atoms with van der Waals surface area (Å²) in [7, 11) is -2.90. The molecule has 0 amide bonds. The maximum absolute atomic E-state index is 13.2. The van der Waals surface area contributed by atoms with E-state index in [1.54, 1.807) is 6.92 Å². The summed E-state index contributed by atoms with van der Waals surface area (Å²) in [6.07, 6.45) is 4.84. The van der Waals surface area contributed by atoms with Crippen LogP contribution >= 0.6 is 0 Å². The van der Waals surface area contributed by atoms with Gasteiger partial charge < -0.3 is 9.84 Å². The van der Waals surface area contributed by atoms with Gasteiger partial charge in [0.05, 0.1) is 18.4 Å². The molecule has 2 fully saturated rings. The summed E-state index contributed by atoms with van der Waals surface area (Å²) in [5.41, 5.74) is 0.405. The lowest BCUT2D eigenvalue weighted by atomic mass is 9.85. The van der Waals surface area contributed by atoms with Crippen molar-refractivity contribution in [3.8, 4) is 0 Å². The Bertz CT molecular complexity index is 838. The third-order valence-corrected chi connectivity index (χ3v) is 7.26. The van der Waals surface area contributed by atoms with E-state index in [-0.39, 0.29) is 22.4 Å². The molecule has 1 N–H and O–H groups in total. The number of carbonyl (C=O) groups excluding carboxylic acids is 1. The molecule has 1 saturated heterocycles. The van der Waals surface area contributed by atoms with E-state index in [4.69, 9.17) is 0 Å². The van der Waals surface area contributed by atoms with E-state index in [1.807, 2.05) is 0 Å². The molecule has 0 aromatic carbocycles. The molecule has 1 saturated carbocycles. The van der Waals surface area contributed by atoms with Gasteiger partial charge in [0.25, 0.3) is 0 Å². The average Bonchev–Trinajstić information content (AvgIpc) is 3.02. The standard InChI is InChI=1S/C17H22N2O6S/c1-10-13(17(22)25-2)8-12(9-18-10)26(23,24)19-14-6-4-3-5-11(14)7-15(19)16(20)21/h8-9,11,14-15H,3-7H2,1-2H3,(H,20,21). The van der Waals surface area contributed by atoms with Crippen molar-refractivity contribution in [2.75, 3.05) is 7.11 Å². The van der Waals surface area contributed by atoms with Gasteiger partial charge in [-0.15, -0.1) is 0 Å². The molecule has 1 aromatic rings. The Kier molecular flexibility index (Phi) is 5.03. The summed E-state index contributed by atoms with van der Waals surface area (Å²) in [5, 5.41) is 9.57. The number of hydrogen-bond donors (Lipinski definition) is 1. The van der Waals surface area contributed by atoms with Gasteiger partial charge in [0.1, 0.15) is 10.9 Å². The Balaban J connectivity index is 2.05. The van der Waals surface area contributed by atoms with Crippen LogP contribution in [0, 0.1) is 12.8 Å². The lowest BCUT2D eigenvalue weighted by molar-refractivity contribution is -0.141. The molecule has 0 bridgehead atoms. The van der Waals surface area contributed by atoms with Gasteiger partial charge in [-0.2, -0.15) is 4.31 Å². The van der Waals surface area contributed by atoms with Crippen molar-refractivity contribution >= 4 is 22.0 Å². The fourth-order valence-electron chi connectivity index (χ4n) is 4.07. The molecule has 0 spiro atoms. The quantitative estimate of drug-likeness (QED) is 0.786. The number of aryl methyl sites for hydroxylation is 1. The second-order valence-corrected chi connectivity index (χ2v) is 8.68. The molecule has 142 valence electrons. The number of aromatic nitrogens is 1. The molecule has 1 aliphatic carbocycles. The highest BCUT2D eigenvalue weighted by Gasteiger charge is 2.51. The third-order valence-electron chi connectivity index (χ3n) is 5.36. The van der Waals surface area contributed by atoms with Gasteiger partial charge >= 0.3 is 11.9 Å². The van der Waals surface area contributed by atoms with Crippen molar-refractivity contribution in [3.05, 3.63) is 23.5 Å². The minimum atomic E-state index is -4.10. The number of carboxylic acid groups (broad SMARTS) is 1. The van der Waals surface area contributed by atoms with Crippen LogP contribution in [0.1, 0.15) is 48.2 Å². The van der Waals surface area contributed by atoms with Crippen LogP contribution in [-0.2, 0) is 19.6 Å². The van der Waals surface area contributed by atoms with E-state index in [1.165, 1.54) is 19.4 Å². The van der Waals surface area contributed by atoms with Gasteiger partial charge in [-0.3, -0.25) is 9.78 Å². The molecule has 26 heavy (non-hydrogen) atoms. The highest BCUT2D eigenvalue weighted by molar-refractivity contribution is 7.89. The van der Waals surface area contributed by atoms with Crippen LogP contribution in [0.5, 0.6) is 0 Å². The van der Waals surface area contributed by atoms with Gasteiger partial charge in [0.15, 0.2) is 0 Å². The van der Waals surface area contributed by atoms with Gasteiger partial charge in [-0.1, -0.05) is 12.8 Å². The van der Waals surface area contributed by atoms with Crippen molar-refractivity contribution in [1.29, 1.82) is 0 Å². The van der Waals surface area contributed by atoms with E-state index in [2.05, 4.69) is 9.72 Å². The summed E-state index contributed by atoms with van der Waals surface area (Å²) < 4.78 is 32.3.